The van der Waals surface area contributed by atoms with E-state index in [4.69, 9.17) is 14.2 Å². The van der Waals surface area contributed by atoms with Crippen LogP contribution in [0.1, 0.15) is 12.5 Å². The molecule has 0 spiro atoms. The Bertz CT molecular complexity index is 819. The fourth-order valence-electron chi connectivity index (χ4n) is 2.39. The van der Waals surface area contributed by atoms with Crippen molar-refractivity contribution in [2.75, 3.05) is 32.0 Å². The minimum absolute atomic E-state index is 0.153. The maximum atomic E-state index is 12.1. The van der Waals surface area contributed by atoms with Crippen molar-refractivity contribution >= 4 is 29.3 Å². The van der Waals surface area contributed by atoms with Crippen molar-refractivity contribution in [1.29, 1.82) is 0 Å². The monoisotopic (exact) mass is 370 g/mol. The van der Waals surface area contributed by atoms with Gasteiger partial charge in [0.05, 0.1) is 21.3 Å². The third-order valence-corrected chi connectivity index (χ3v) is 3.59. The van der Waals surface area contributed by atoms with Gasteiger partial charge >= 0.3 is 0 Å². The van der Waals surface area contributed by atoms with E-state index < -0.39 is 0 Å². The average Bonchev–Trinajstić information content (AvgIpc) is 2.66. The number of ether oxygens (including phenoxy) is 3. The number of carbonyl (C=O) groups excluding carboxylic acids is 2. The van der Waals surface area contributed by atoms with Gasteiger partial charge < -0.3 is 24.8 Å². The first-order valence-corrected chi connectivity index (χ1v) is 8.13. The van der Waals surface area contributed by atoms with Crippen LogP contribution in [0.4, 0.5) is 11.4 Å². The lowest BCUT2D eigenvalue weighted by molar-refractivity contribution is -0.114. The molecule has 0 bridgehead atoms. The van der Waals surface area contributed by atoms with Crippen LogP contribution in [0.2, 0.25) is 0 Å². The molecular weight excluding hydrogens is 348 g/mol. The molecule has 0 aromatic heterocycles. The summed E-state index contributed by atoms with van der Waals surface area (Å²) in [6, 6.07) is 10.3. The Labute approximate surface area is 157 Å². The number of hydrogen-bond donors (Lipinski definition) is 2. The number of carbonyl (C=O) groups is 2. The van der Waals surface area contributed by atoms with Gasteiger partial charge in [0.25, 0.3) is 0 Å². The smallest absolute Gasteiger partial charge is 0.248 e. The van der Waals surface area contributed by atoms with Gasteiger partial charge in [-0.05, 0) is 48.0 Å². The fourth-order valence-corrected chi connectivity index (χ4v) is 2.39. The van der Waals surface area contributed by atoms with E-state index in [0.717, 1.165) is 5.56 Å². The van der Waals surface area contributed by atoms with Crippen LogP contribution in [0.5, 0.6) is 17.2 Å². The molecule has 0 saturated heterocycles. The van der Waals surface area contributed by atoms with Crippen LogP contribution >= 0.6 is 0 Å². The summed E-state index contributed by atoms with van der Waals surface area (Å²) in [4.78, 5) is 23.1. The molecule has 2 rings (SSSR count). The zero-order valence-corrected chi connectivity index (χ0v) is 15.7. The maximum absolute atomic E-state index is 12.1. The van der Waals surface area contributed by atoms with E-state index in [0.29, 0.717) is 28.6 Å². The zero-order valence-electron chi connectivity index (χ0n) is 15.7. The summed E-state index contributed by atoms with van der Waals surface area (Å²) in [6.45, 7) is 1.43. The molecular formula is C20H22N2O5. The lowest BCUT2D eigenvalue weighted by Gasteiger charge is -2.12. The van der Waals surface area contributed by atoms with Crippen LogP contribution in [-0.2, 0) is 9.59 Å². The molecule has 0 saturated carbocycles. The molecule has 0 aliphatic rings. The number of methoxy groups -OCH3 is 3. The Hall–Kier alpha value is -3.48. The van der Waals surface area contributed by atoms with E-state index in [9.17, 15) is 9.59 Å². The first-order chi connectivity index (χ1) is 13.0. The van der Waals surface area contributed by atoms with Crippen LogP contribution < -0.4 is 24.8 Å². The van der Waals surface area contributed by atoms with Gasteiger partial charge in [-0.25, -0.2) is 0 Å². The molecule has 0 heterocycles. The molecule has 27 heavy (non-hydrogen) atoms. The van der Waals surface area contributed by atoms with Gasteiger partial charge in [0.15, 0.2) is 11.5 Å². The fraction of sp³-hybridized carbons (Fsp3) is 0.200. The molecule has 0 unspecified atom stereocenters. The molecule has 0 aliphatic heterocycles. The van der Waals surface area contributed by atoms with Crippen molar-refractivity contribution in [2.45, 2.75) is 6.92 Å². The molecule has 0 aliphatic carbocycles. The third-order valence-electron chi connectivity index (χ3n) is 3.59. The standard InChI is InChI=1S/C20H22N2O5/c1-13(23)21-15-6-8-16(9-7-15)22-19(24)10-5-14-11-17(25-2)20(27-4)18(12-14)26-3/h5-12H,1-4H3,(H,21,23)(H,22,24)/b10-5+. The van der Waals surface area contributed by atoms with Crippen LogP contribution in [-0.4, -0.2) is 33.1 Å². The normalized spacial score (nSPS) is 10.4. The van der Waals surface area contributed by atoms with Gasteiger partial charge in [-0.3, -0.25) is 9.59 Å². The second kappa shape index (κ2) is 9.28. The highest BCUT2D eigenvalue weighted by Gasteiger charge is 2.12. The Balaban J connectivity index is 2.09. The number of nitrogens with one attached hydrogen (secondary N) is 2. The summed E-state index contributed by atoms with van der Waals surface area (Å²) in [5.74, 6) is 1.05. The van der Waals surface area contributed by atoms with Crippen molar-refractivity contribution in [3.05, 3.63) is 48.0 Å². The molecule has 2 aromatic carbocycles. The Morgan fingerprint density at radius 3 is 1.81 bits per heavy atom. The molecule has 7 heteroatoms. The summed E-state index contributed by atoms with van der Waals surface area (Å²) in [6.07, 6.45) is 3.05. The van der Waals surface area contributed by atoms with E-state index in [1.54, 1.807) is 42.5 Å². The van der Waals surface area contributed by atoms with E-state index in [1.165, 1.54) is 34.3 Å². The highest BCUT2D eigenvalue weighted by Crippen LogP contribution is 2.38. The van der Waals surface area contributed by atoms with Gasteiger partial charge in [0.2, 0.25) is 17.6 Å². The highest BCUT2D eigenvalue weighted by atomic mass is 16.5. The van der Waals surface area contributed by atoms with Crippen molar-refractivity contribution in [2.24, 2.45) is 0 Å². The van der Waals surface area contributed by atoms with Gasteiger partial charge in [-0.1, -0.05) is 0 Å². The van der Waals surface area contributed by atoms with Crippen LogP contribution in [0.3, 0.4) is 0 Å². The van der Waals surface area contributed by atoms with Gasteiger partial charge in [0.1, 0.15) is 0 Å². The minimum atomic E-state index is -0.295. The third kappa shape index (κ3) is 5.50. The molecule has 2 amide bonds. The topological polar surface area (TPSA) is 85.9 Å². The summed E-state index contributed by atoms with van der Waals surface area (Å²) < 4.78 is 15.9. The van der Waals surface area contributed by atoms with Crippen molar-refractivity contribution in [3.8, 4) is 17.2 Å². The van der Waals surface area contributed by atoms with E-state index in [1.807, 2.05) is 0 Å². The molecule has 0 fully saturated rings. The Morgan fingerprint density at radius 2 is 1.37 bits per heavy atom. The number of benzene rings is 2. The maximum Gasteiger partial charge on any atom is 0.248 e. The van der Waals surface area contributed by atoms with Crippen molar-refractivity contribution in [1.82, 2.24) is 0 Å². The molecule has 0 atom stereocenters. The van der Waals surface area contributed by atoms with Crippen LogP contribution in [0.25, 0.3) is 6.08 Å². The second-order valence-electron chi connectivity index (χ2n) is 5.54. The minimum Gasteiger partial charge on any atom is -0.493 e. The molecule has 2 aromatic rings. The summed E-state index contributed by atoms with van der Waals surface area (Å²) in [7, 11) is 4.59. The number of rotatable bonds is 7. The number of anilines is 2. The van der Waals surface area contributed by atoms with Gasteiger partial charge in [0, 0.05) is 24.4 Å². The largest absolute Gasteiger partial charge is 0.493 e. The summed E-state index contributed by atoms with van der Waals surface area (Å²) in [5.41, 5.74) is 2.00. The first-order valence-electron chi connectivity index (χ1n) is 8.13. The van der Waals surface area contributed by atoms with Gasteiger partial charge in [-0.2, -0.15) is 0 Å². The number of amides is 2. The SMILES string of the molecule is COc1cc(/C=C/C(=O)Nc2ccc(NC(C)=O)cc2)cc(OC)c1OC. The number of hydrogen-bond acceptors (Lipinski definition) is 5. The van der Waals surface area contributed by atoms with Crippen molar-refractivity contribution in [3.63, 3.8) is 0 Å². The predicted molar refractivity (Wildman–Crippen MR) is 105 cm³/mol. The summed E-state index contributed by atoms with van der Waals surface area (Å²) >= 11 is 0. The quantitative estimate of drug-likeness (QED) is 0.730. The molecule has 7 nitrogen and oxygen atoms in total. The lowest BCUT2D eigenvalue weighted by atomic mass is 10.1. The zero-order chi connectivity index (χ0) is 19.8. The average molecular weight is 370 g/mol. The van der Waals surface area contributed by atoms with E-state index >= 15 is 0 Å². The van der Waals surface area contributed by atoms with Gasteiger partial charge in [-0.15, -0.1) is 0 Å². The molecule has 2 N–H and O–H groups in total. The van der Waals surface area contributed by atoms with E-state index in [-0.39, 0.29) is 11.8 Å². The second-order valence-corrected chi connectivity index (χ2v) is 5.54. The molecule has 142 valence electrons. The van der Waals surface area contributed by atoms with Crippen LogP contribution in [0.15, 0.2) is 42.5 Å². The first kappa shape index (κ1) is 19.8. The Kier molecular flexibility index (Phi) is 6.82. The lowest BCUT2D eigenvalue weighted by Crippen LogP contribution is -2.08. The summed E-state index contributed by atoms with van der Waals surface area (Å²) in [5, 5.41) is 5.41. The molecule has 0 radical (unpaired) electrons. The van der Waals surface area contributed by atoms with Crippen LogP contribution in [0, 0.1) is 0 Å². The predicted octanol–water partition coefficient (Wildman–Crippen LogP) is 3.32. The van der Waals surface area contributed by atoms with E-state index in [2.05, 4.69) is 10.6 Å². The Morgan fingerprint density at radius 1 is 0.852 bits per heavy atom. The van der Waals surface area contributed by atoms with Crippen molar-refractivity contribution < 1.29 is 23.8 Å². The highest BCUT2D eigenvalue weighted by molar-refractivity contribution is 6.02.